The van der Waals surface area contributed by atoms with Crippen LogP contribution >= 0.6 is 0 Å². The van der Waals surface area contributed by atoms with E-state index in [-0.39, 0.29) is 0 Å². The molecule has 2 aromatic rings. The Morgan fingerprint density at radius 2 is 2.14 bits per heavy atom. The van der Waals surface area contributed by atoms with Crippen LogP contribution in [0.25, 0.3) is 5.65 Å². The van der Waals surface area contributed by atoms with Crippen LogP contribution in [-0.2, 0) is 0 Å². The van der Waals surface area contributed by atoms with Crippen LogP contribution in [0.4, 0.5) is 5.69 Å². The quantitative estimate of drug-likeness (QED) is 0.881. The van der Waals surface area contributed by atoms with Gasteiger partial charge in [-0.15, -0.1) is 10.2 Å². The first-order valence-corrected chi connectivity index (χ1v) is 7.67. The van der Waals surface area contributed by atoms with E-state index in [1.807, 2.05) is 0 Å². The zero-order chi connectivity index (χ0) is 15.0. The molecule has 0 bridgehead atoms. The zero-order valence-electron chi connectivity index (χ0n) is 13.2. The number of nitrogens with one attached hydrogen (secondary N) is 1. The number of hydrogen-bond acceptors (Lipinski definition) is 5. The van der Waals surface area contributed by atoms with Gasteiger partial charge >= 0.3 is 0 Å². The first kappa shape index (κ1) is 14.3. The lowest BCUT2D eigenvalue weighted by molar-refractivity contribution is 0.243. The molecule has 2 aromatic heterocycles. The molecule has 0 saturated heterocycles. The summed E-state index contributed by atoms with van der Waals surface area (Å²) >= 11 is 0. The Balaban J connectivity index is 1.83. The van der Waals surface area contributed by atoms with Gasteiger partial charge < -0.3 is 10.2 Å². The fourth-order valence-corrected chi connectivity index (χ4v) is 2.78. The smallest absolute Gasteiger partial charge is 0.200 e. The van der Waals surface area contributed by atoms with Crippen molar-refractivity contribution in [1.82, 2.24) is 24.7 Å². The van der Waals surface area contributed by atoms with E-state index in [2.05, 4.69) is 59.5 Å². The minimum atomic E-state index is 0.477. The van der Waals surface area contributed by atoms with E-state index in [1.165, 1.54) is 12.8 Å². The van der Waals surface area contributed by atoms with Crippen LogP contribution < -0.4 is 5.32 Å². The minimum Gasteiger partial charge on any atom is -0.380 e. The average Bonchev–Trinajstić information content (AvgIpc) is 3.16. The Kier molecular flexibility index (Phi) is 3.80. The maximum atomic E-state index is 4.60. The van der Waals surface area contributed by atoms with E-state index in [0.29, 0.717) is 17.9 Å². The Bertz CT molecular complexity index is 606. The Morgan fingerprint density at radius 1 is 1.38 bits per heavy atom. The van der Waals surface area contributed by atoms with Gasteiger partial charge in [0.1, 0.15) is 6.33 Å². The van der Waals surface area contributed by atoms with Crippen LogP contribution in [0.3, 0.4) is 0 Å². The Hall–Kier alpha value is -1.69. The molecule has 2 heterocycles. The number of aromatic nitrogens is 4. The van der Waals surface area contributed by atoms with Crippen LogP contribution in [0.15, 0.2) is 12.4 Å². The average molecular weight is 288 g/mol. The summed E-state index contributed by atoms with van der Waals surface area (Å²) in [6, 6.07) is 2.62. The molecule has 1 N–H and O–H groups in total. The summed E-state index contributed by atoms with van der Waals surface area (Å²) in [5.41, 5.74) is 2.99. The van der Waals surface area contributed by atoms with E-state index in [4.69, 9.17) is 0 Å². The highest BCUT2D eigenvalue weighted by atomic mass is 15.3. The summed E-state index contributed by atoms with van der Waals surface area (Å²) in [5, 5.41) is 16.3. The lowest BCUT2D eigenvalue weighted by Crippen LogP contribution is -2.38. The molecule has 6 nitrogen and oxygen atoms in total. The predicted octanol–water partition coefficient (Wildman–Crippen LogP) is 2.00. The molecule has 1 unspecified atom stereocenters. The second-order valence-corrected chi connectivity index (χ2v) is 6.51. The third-order valence-electron chi connectivity index (χ3n) is 4.22. The van der Waals surface area contributed by atoms with Gasteiger partial charge in [0.15, 0.2) is 0 Å². The van der Waals surface area contributed by atoms with Crippen LogP contribution in [0.5, 0.6) is 0 Å². The summed E-state index contributed by atoms with van der Waals surface area (Å²) in [6.07, 6.45) is 4.16. The minimum absolute atomic E-state index is 0.477. The van der Waals surface area contributed by atoms with Crippen molar-refractivity contribution in [2.24, 2.45) is 5.92 Å². The second kappa shape index (κ2) is 5.60. The van der Waals surface area contributed by atoms with Crippen molar-refractivity contribution < 1.29 is 0 Å². The Labute approximate surface area is 125 Å². The van der Waals surface area contributed by atoms with Gasteiger partial charge in [-0.25, -0.2) is 0 Å². The normalized spacial score (nSPS) is 16.9. The fourth-order valence-electron chi connectivity index (χ4n) is 2.78. The van der Waals surface area contributed by atoms with E-state index in [9.17, 15) is 0 Å². The van der Waals surface area contributed by atoms with Crippen molar-refractivity contribution in [3.63, 3.8) is 0 Å². The molecule has 0 radical (unpaired) electrons. The van der Waals surface area contributed by atoms with Crippen LogP contribution in [0.1, 0.15) is 38.3 Å². The fraction of sp³-hybridized carbons (Fsp3) is 0.667. The summed E-state index contributed by atoms with van der Waals surface area (Å²) in [5.74, 6) is 1.21. The summed E-state index contributed by atoms with van der Waals surface area (Å²) in [6.45, 7) is 5.39. The summed E-state index contributed by atoms with van der Waals surface area (Å²) in [4.78, 5) is 2.27. The van der Waals surface area contributed by atoms with Crippen LogP contribution in [0.2, 0.25) is 0 Å². The molecule has 1 atom stereocenters. The molecular formula is C15H24N6. The van der Waals surface area contributed by atoms with E-state index < -0.39 is 0 Å². The van der Waals surface area contributed by atoms with Gasteiger partial charge in [-0.1, -0.05) is 13.8 Å². The molecule has 0 aromatic carbocycles. The molecule has 1 saturated carbocycles. The largest absolute Gasteiger partial charge is 0.380 e. The molecule has 1 fully saturated rings. The number of fused-ring (bicyclic) bond motifs is 1. The van der Waals surface area contributed by atoms with Gasteiger partial charge in [0, 0.05) is 18.5 Å². The van der Waals surface area contributed by atoms with Crippen molar-refractivity contribution >= 4 is 11.3 Å². The highest BCUT2D eigenvalue weighted by Gasteiger charge is 2.27. The van der Waals surface area contributed by atoms with Gasteiger partial charge in [0.05, 0.1) is 11.4 Å². The van der Waals surface area contributed by atoms with Crippen molar-refractivity contribution in [2.45, 2.75) is 38.6 Å². The maximum Gasteiger partial charge on any atom is 0.200 e. The SMILES string of the molecule is CC(C)C(CNc1cc(C2CC2)nn2cnnc12)N(C)C. The second-order valence-electron chi connectivity index (χ2n) is 6.51. The molecule has 1 aliphatic rings. The highest BCUT2D eigenvalue weighted by Crippen LogP contribution is 2.39. The van der Waals surface area contributed by atoms with E-state index >= 15 is 0 Å². The molecular weight excluding hydrogens is 264 g/mol. The van der Waals surface area contributed by atoms with E-state index in [1.54, 1.807) is 10.8 Å². The van der Waals surface area contributed by atoms with Gasteiger partial charge in [-0.3, -0.25) is 0 Å². The molecule has 114 valence electrons. The lowest BCUT2D eigenvalue weighted by atomic mass is 10.0. The van der Waals surface area contributed by atoms with Gasteiger partial charge in [-0.05, 0) is 38.9 Å². The predicted molar refractivity (Wildman–Crippen MR) is 83.6 cm³/mol. The Morgan fingerprint density at radius 3 is 2.76 bits per heavy atom. The van der Waals surface area contributed by atoms with Crippen LogP contribution in [-0.4, -0.2) is 51.4 Å². The first-order valence-electron chi connectivity index (χ1n) is 7.67. The molecule has 6 heteroatoms. The van der Waals surface area contributed by atoms with E-state index in [0.717, 1.165) is 23.6 Å². The maximum absolute atomic E-state index is 4.60. The molecule has 21 heavy (non-hydrogen) atoms. The zero-order valence-corrected chi connectivity index (χ0v) is 13.2. The lowest BCUT2D eigenvalue weighted by Gasteiger charge is -2.28. The molecule has 1 aliphatic carbocycles. The molecule has 0 spiro atoms. The van der Waals surface area contributed by atoms with Gasteiger partial charge in [0.25, 0.3) is 0 Å². The third kappa shape index (κ3) is 3.00. The van der Waals surface area contributed by atoms with Crippen LogP contribution in [0, 0.1) is 5.92 Å². The van der Waals surface area contributed by atoms with Crippen molar-refractivity contribution in [2.75, 3.05) is 26.0 Å². The molecule has 3 rings (SSSR count). The van der Waals surface area contributed by atoms with Gasteiger partial charge in [0.2, 0.25) is 5.65 Å². The van der Waals surface area contributed by atoms with Crippen molar-refractivity contribution in [3.8, 4) is 0 Å². The standard InChI is InChI=1S/C15H24N6/c1-10(2)14(20(3)4)8-16-13-7-12(11-5-6-11)19-21-9-17-18-15(13)21/h7,9-11,14,16H,5-6,8H2,1-4H3. The monoisotopic (exact) mass is 288 g/mol. The number of likely N-dealkylation sites (N-methyl/N-ethyl adjacent to an activating group) is 1. The third-order valence-corrected chi connectivity index (χ3v) is 4.22. The topological polar surface area (TPSA) is 58.4 Å². The summed E-state index contributed by atoms with van der Waals surface area (Å²) < 4.78 is 1.79. The molecule has 0 amide bonds. The summed E-state index contributed by atoms with van der Waals surface area (Å²) in [7, 11) is 4.25. The number of nitrogens with zero attached hydrogens (tertiary/aromatic N) is 5. The van der Waals surface area contributed by atoms with Crippen molar-refractivity contribution in [3.05, 3.63) is 18.1 Å². The number of anilines is 1. The number of rotatable bonds is 6. The van der Waals surface area contributed by atoms with Gasteiger partial charge in [-0.2, -0.15) is 9.61 Å². The first-order chi connectivity index (χ1) is 10.1. The number of hydrogen-bond donors (Lipinski definition) is 1. The molecule has 0 aliphatic heterocycles. The highest BCUT2D eigenvalue weighted by molar-refractivity contribution is 5.67. The van der Waals surface area contributed by atoms with Crippen molar-refractivity contribution in [1.29, 1.82) is 0 Å².